The van der Waals surface area contributed by atoms with Crippen LogP contribution >= 0.6 is 0 Å². The monoisotopic (exact) mass is 834 g/mol. The fourth-order valence-electron chi connectivity index (χ4n) is 8.22. The second-order valence-corrected chi connectivity index (χ2v) is 20.1. The van der Waals surface area contributed by atoms with Gasteiger partial charge in [0.15, 0.2) is 0 Å². The van der Waals surface area contributed by atoms with E-state index in [1.165, 1.54) is 89.0 Å². The molecule has 0 aliphatic heterocycles. The van der Waals surface area contributed by atoms with Crippen LogP contribution in [0.1, 0.15) is 104 Å². The van der Waals surface area contributed by atoms with E-state index in [1.54, 1.807) is 27.4 Å². The second kappa shape index (κ2) is 18.6. The van der Waals surface area contributed by atoms with Gasteiger partial charge in [-0.2, -0.15) is 6.08 Å². The number of rotatable bonds is 6. The Morgan fingerprint density at radius 2 is 1.07 bits per heavy atom. The van der Waals surface area contributed by atoms with E-state index in [1.807, 2.05) is 12.2 Å². The van der Waals surface area contributed by atoms with E-state index in [0.29, 0.717) is 0 Å². The van der Waals surface area contributed by atoms with Crippen molar-refractivity contribution in [3.8, 4) is 33.4 Å². The van der Waals surface area contributed by atoms with E-state index in [-0.39, 0.29) is 10.8 Å². The molecule has 0 unspecified atom stereocenters. The molecule has 6 aromatic rings. The van der Waals surface area contributed by atoms with Gasteiger partial charge in [-0.3, -0.25) is 6.08 Å². The number of hydrogen-bond acceptors (Lipinski definition) is 0. The number of allylic oxidation sites excluding steroid dienone is 4. The fraction of sp³-hybridized carbons (Fsp3) is 0.281. The van der Waals surface area contributed by atoms with E-state index in [4.69, 9.17) is 0 Å². The van der Waals surface area contributed by atoms with Crippen molar-refractivity contribution in [2.24, 2.45) is 0 Å². The molecule has 292 valence electrons. The van der Waals surface area contributed by atoms with Gasteiger partial charge in [0.2, 0.25) is 0 Å². The molecule has 0 atom stereocenters. The summed E-state index contributed by atoms with van der Waals surface area (Å²) in [5.41, 5.74) is 21.7. The van der Waals surface area contributed by atoms with Crippen LogP contribution in [-0.2, 0) is 54.3 Å². The molecule has 58 heavy (non-hydrogen) atoms. The van der Waals surface area contributed by atoms with Gasteiger partial charge < -0.3 is 0 Å². The Hall–Kier alpha value is -4.45. The maximum atomic E-state index is 3.95. The van der Waals surface area contributed by atoms with Crippen molar-refractivity contribution in [3.63, 3.8) is 0 Å². The van der Waals surface area contributed by atoms with Gasteiger partial charge in [-0.05, 0) is 67.2 Å². The van der Waals surface area contributed by atoms with Crippen LogP contribution < -0.4 is 0 Å². The molecule has 1 heteroatoms. The van der Waals surface area contributed by atoms with Crippen LogP contribution in [0.3, 0.4) is 0 Å². The predicted molar refractivity (Wildman–Crippen MR) is 248 cm³/mol. The van der Waals surface area contributed by atoms with Crippen molar-refractivity contribution in [1.82, 2.24) is 0 Å². The van der Waals surface area contributed by atoms with Crippen molar-refractivity contribution >= 4 is 3.21 Å². The van der Waals surface area contributed by atoms with Crippen LogP contribution in [0.15, 0.2) is 133 Å². The fourth-order valence-corrected chi connectivity index (χ4v) is 9.22. The van der Waals surface area contributed by atoms with Gasteiger partial charge in [0, 0.05) is 0 Å². The van der Waals surface area contributed by atoms with E-state index < -0.39 is 0 Å². The Morgan fingerprint density at radius 1 is 0.569 bits per heavy atom. The van der Waals surface area contributed by atoms with E-state index in [9.17, 15) is 0 Å². The number of aryl methyl sites for hydroxylation is 4. The summed E-state index contributed by atoms with van der Waals surface area (Å²) in [5, 5.41) is 0. The molecule has 0 saturated heterocycles. The third kappa shape index (κ3) is 11.2. The molecule has 0 spiro atoms. The van der Waals surface area contributed by atoms with Crippen LogP contribution in [0, 0.1) is 39.8 Å². The zero-order valence-corrected chi connectivity index (χ0v) is 39.0. The number of hydrogen-bond donors (Lipinski definition) is 0. The Labute approximate surface area is 365 Å². The SMILES string of the molecule is Cc1cc(C)cc(-c2[c-]c3c(cc2C(C)(C)C)-c2cc(C(C)(C)C)c(-c4cc(C)cc(C)c4)cc2C3)c1.[C-]1=CC=CC1.[Zr+2]=[C](Cc1ccccc1)Cc1ccccc1. The first-order valence-electron chi connectivity index (χ1n) is 20.9. The third-order valence-corrected chi connectivity index (χ3v) is 11.7. The van der Waals surface area contributed by atoms with Crippen molar-refractivity contribution in [1.29, 1.82) is 0 Å². The molecule has 0 saturated carbocycles. The van der Waals surface area contributed by atoms with Crippen molar-refractivity contribution in [2.45, 2.75) is 106 Å². The number of benzene rings is 6. The van der Waals surface area contributed by atoms with Gasteiger partial charge in [-0.15, -0.1) is 35.2 Å². The Kier molecular flexibility index (Phi) is 13.9. The summed E-state index contributed by atoms with van der Waals surface area (Å²) in [6, 6.07) is 46.6. The second-order valence-electron chi connectivity index (χ2n) is 18.4. The zero-order chi connectivity index (χ0) is 41.6. The third-order valence-electron chi connectivity index (χ3n) is 10.8. The van der Waals surface area contributed by atoms with Gasteiger partial charge >= 0.3 is 112 Å². The van der Waals surface area contributed by atoms with Crippen LogP contribution in [0.4, 0.5) is 0 Å². The molecule has 0 nitrogen and oxygen atoms in total. The maximum absolute atomic E-state index is 3.95. The average Bonchev–Trinajstić information content (AvgIpc) is 3.85. The molecule has 0 amide bonds. The van der Waals surface area contributed by atoms with Crippen LogP contribution in [0.25, 0.3) is 33.4 Å². The predicted octanol–water partition coefficient (Wildman–Crippen LogP) is 14.7. The summed E-state index contributed by atoms with van der Waals surface area (Å²) >= 11 is 1.55. The summed E-state index contributed by atoms with van der Waals surface area (Å²) in [6.45, 7) is 22.8. The minimum absolute atomic E-state index is 0.0210. The first kappa shape index (κ1) is 43.1. The quantitative estimate of drug-likeness (QED) is 0.146. The first-order valence-corrected chi connectivity index (χ1v) is 22.1. The molecule has 0 aromatic heterocycles. The van der Waals surface area contributed by atoms with Crippen molar-refractivity contribution in [3.05, 3.63) is 201 Å². The molecule has 2 aliphatic carbocycles. The van der Waals surface area contributed by atoms with E-state index in [0.717, 1.165) is 25.7 Å². The van der Waals surface area contributed by atoms with Gasteiger partial charge in [0.05, 0.1) is 0 Å². The standard InChI is InChI=1S/C37H41.C15H14.C5H5.Zr/c1-22-11-23(2)14-26(13-22)32-18-28-17-29-19-33(27-15-24(3)12-25(4)16-27)35(37(8,9)10)21-31(29)30(28)20-34(32)36(5,6)7;1-3-8-14(9-4-1)12-7-13-15-10-5-2-6-11-15;1-2-4-5-3-1;/h11-16,18,20-21H,17H2,1-10H3;1-6,8-11H,12-13H2;1-3H,4H2;/q-1;;-1;+2. The molecule has 2 aliphatic rings. The minimum atomic E-state index is 0.0210. The molecule has 0 N–H and O–H groups in total. The van der Waals surface area contributed by atoms with Crippen LogP contribution in [0.2, 0.25) is 0 Å². The van der Waals surface area contributed by atoms with Crippen molar-refractivity contribution in [2.75, 3.05) is 0 Å². The van der Waals surface area contributed by atoms with Gasteiger partial charge in [-0.1, -0.05) is 129 Å². The zero-order valence-electron chi connectivity index (χ0n) is 36.5. The van der Waals surface area contributed by atoms with Gasteiger partial charge in [-0.25, -0.2) is 12.2 Å². The molecule has 0 radical (unpaired) electrons. The summed E-state index contributed by atoms with van der Waals surface area (Å²) in [4.78, 5) is 0. The molecular weight excluding hydrogens is 776 g/mol. The molecule has 0 fully saturated rings. The van der Waals surface area contributed by atoms with Crippen LogP contribution in [0.5, 0.6) is 0 Å². The average molecular weight is 836 g/mol. The van der Waals surface area contributed by atoms with Crippen LogP contribution in [-0.4, -0.2) is 3.21 Å². The van der Waals surface area contributed by atoms with Crippen molar-refractivity contribution < 1.29 is 24.2 Å². The number of fused-ring (bicyclic) bond motifs is 3. The van der Waals surface area contributed by atoms with E-state index >= 15 is 0 Å². The summed E-state index contributed by atoms with van der Waals surface area (Å²) < 4.78 is 1.60. The molecule has 8 rings (SSSR count). The Bertz CT molecular complexity index is 2230. The topological polar surface area (TPSA) is 0 Å². The Morgan fingerprint density at radius 3 is 1.52 bits per heavy atom. The summed E-state index contributed by atoms with van der Waals surface area (Å²) in [6.07, 6.45) is 13.2. The Balaban J connectivity index is 0.000000221. The van der Waals surface area contributed by atoms with Gasteiger partial charge in [0.25, 0.3) is 0 Å². The van der Waals surface area contributed by atoms with Gasteiger partial charge in [0.1, 0.15) is 0 Å². The normalized spacial score (nSPS) is 12.6. The molecule has 0 heterocycles. The van der Waals surface area contributed by atoms with E-state index in [2.05, 4.69) is 203 Å². The first-order chi connectivity index (χ1) is 27.5. The molecular formula is C57H60Zr. The summed E-state index contributed by atoms with van der Waals surface area (Å²) in [7, 11) is 0. The molecule has 0 bridgehead atoms. The summed E-state index contributed by atoms with van der Waals surface area (Å²) in [5.74, 6) is 0. The molecule has 6 aromatic carbocycles.